The van der Waals surface area contributed by atoms with Crippen LogP contribution in [-0.4, -0.2) is 19.8 Å². The van der Waals surface area contributed by atoms with Crippen LogP contribution in [-0.2, 0) is 16.3 Å². The van der Waals surface area contributed by atoms with Gasteiger partial charge in [-0.2, -0.15) is 0 Å². The summed E-state index contributed by atoms with van der Waals surface area (Å²) in [5, 5.41) is 10.2. The van der Waals surface area contributed by atoms with Gasteiger partial charge >= 0.3 is 0 Å². The van der Waals surface area contributed by atoms with Crippen LogP contribution in [0.15, 0.2) is 51.8 Å². The van der Waals surface area contributed by atoms with E-state index in [0.717, 1.165) is 11.8 Å². The fraction of sp³-hybridized carbons (Fsp3) is 0.200. The van der Waals surface area contributed by atoms with Gasteiger partial charge in [-0.15, -0.1) is 0 Å². The number of halogens is 2. The summed E-state index contributed by atoms with van der Waals surface area (Å²) < 4.78 is 36.2. The molecule has 0 aromatic heterocycles. The van der Waals surface area contributed by atoms with Gasteiger partial charge in [0, 0.05) is 12.7 Å². The number of hydrogen-bond donors (Lipinski definition) is 1. The quantitative estimate of drug-likeness (QED) is 0.895. The smallest absolute Gasteiger partial charge is 0.175 e. The molecule has 0 aliphatic heterocycles. The Balaban J connectivity index is 2.16. The molecule has 1 atom stereocenters. The summed E-state index contributed by atoms with van der Waals surface area (Å²) in [5.41, 5.74) is 1.39. The van der Waals surface area contributed by atoms with Crippen LogP contribution in [0.2, 0.25) is 0 Å². The first-order valence-corrected chi connectivity index (χ1v) is 8.88. The first-order chi connectivity index (χ1) is 9.77. The summed E-state index contributed by atoms with van der Waals surface area (Å²) in [7, 11) is -3.24. The molecule has 0 amide bonds. The lowest BCUT2D eigenvalue weighted by Gasteiger charge is -2.12. The summed E-state index contributed by atoms with van der Waals surface area (Å²) in [6.45, 7) is 0. The molecule has 0 spiro atoms. The zero-order valence-corrected chi connectivity index (χ0v) is 13.7. The molecule has 0 saturated heterocycles. The molecule has 2 aromatic carbocycles. The van der Waals surface area contributed by atoms with Gasteiger partial charge in [0.05, 0.1) is 15.5 Å². The second kappa shape index (κ2) is 6.25. The molecule has 0 heterocycles. The van der Waals surface area contributed by atoms with Gasteiger partial charge < -0.3 is 5.11 Å². The van der Waals surface area contributed by atoms with E-state index in [9.17, 15) is 17.9 Å². The van der Waals surface area contributed by atoms with Crippen molar-refractivity contribution in [1.82, 2.24) is 0 Å². The van der Waals surface area contributed by atoms with Crippen LogP contribution in [0.25, 0.3) is 0 Å². The molecule has 0 radical (unpaired) electrons. The van der Waals surface area contributed by atoms with Crippen molar-refractivity contribution < 1.29 is 17.9 Å². The van der Waals surface area contributed by atoms with Crippen molar-refractivity contribution in [3.8, 4) is 0 Å². The van der Waals surface area contributed by atoms with Crippen LogP contribution in [0.1, 0.15) is 17.2 Å². The maximum absolute atomic E-state index is 13.1. The second-order valence-electron chi connectivity index (χ2n) is 4.81. The third-order valence-corrected chi connectivity index (χ3v) is 4.84. The zero-order chi connectivity index (χ0) is 15.6. The van der Waals surface area contributed by atoms with Gasteiger partial charge in [-0.3, -0.25) is 0 Å². The topological polar surface area (TPSA) is 54.4 Å². The van der Waals surface area contributed by atoms with E-state index in [2.05, 4.69) is 15.9 Å². The lowest BCUT2D eigenvalue weighted by Crippen LogP contribution is -2.03. The Morgan fingerprint density at radius 1 is 1.19 bits per heavy atom. The number of hydrogen-bond acceptors (Lipinski definition) is 3. The minimum atomic E-state index is -3.24. The number of rotatable bonds is 4. The molecular formula is C15H14BrFO3S. The van der Waals surface area contributed by atoms with E-state index in [1.807, 2.05) is 0 Å². The van der Waals surface area contributed by atoms with Gasteiger partial charge in [0.1, 0.15) is 5.82 Å². The van der Waals surface area contributed by atoms with Crippen molar-refractivity contribution >= 4 is 25.8 Å². The molecule has 21 heavy (non-hydrogen) atoms. The summed E-state index contributed by atoms with van der Waals surface area (Å²) in [4.78, 5) is 0.211. The lowest BCUT2D eigenvalue weighted by atomic mass is 10.0. The van der Waals surface area contributed by atoms with Crippen LogP contribution >= 0.6 is 15.9 Å². The summed E-state index contributed by atoms with van der Waals surface area (Å²) in [5.74, 6) is -0.356. The normalized spacial score (nSPS) is 13.1. The monoisotopic (exact) mass is 372 g/mol. The molecule has 1 unspecified atom stereocenters. The van der Waals surface area contributed by atoms with Crippen molar-refractivity contribution in [3.05, 3.63) is 63.9 Å². The number of benzene rings is 2. The first kappa shape index (κ1) is 16.1. The van der Waals surface area contributed by atoms with Crippen molar-refractivity contribution in [3.63, 3.8) is 0 Å². The molecule has 6 heteroatoms. The Bertz CT molecular complexity index is 742. The Morgan fingerprint density at radius 3 is 2.33 bits per heavy atom. The van der Waals surface area contributed by atoms with Crippen molar-refractivity contribution in [2.24, 2.45) is 0 Å². The standard InChI is InChI=1S/C15H14BrFO3S/c1-21(19,20)12-5-3-11(4-6-12)15(18)9-10-2-7-14(17)13(16)8-10/h2-8,15,18H,9H2,1H3. The van der Waals surface area contributed by atoms with E-state index in [4.69, 9.17) is 0 Å². The lowest BCUT2D eigenvalue weighted by molar-refractivity contribution is 0.178. The highest BCUT2D eigenvalue weighted by Crippen LogP contribution is 2.23. The molecule has 0 fully saturated rings. The molecule has 0 aliphatic carbocycles. The maximum Gasteiger partial charge on any atom is 0.175 e. The SMILES string of the molecule is CS(=O)(=O)c1ccc(C(O)Cc2ccc(F)c(Br)c2)cc1. The van der Waals surface area contributed by atoms with Crippen molar-refractivity contribution in [2.75, 3.05) is 6.26 Å². The van der Waals surface area contributed by atoms with Crippen LogP contribution < -0.4 is 0 Å². The largest absolute Gasteiger partial charge is 0.388 e. The van der Waals surface area contributed by atoms with Crippen molar-refractivity contribution in [1.29, 1.82) is 0 Å². The average Bonchev–Trinajstić information content (AvgIpc) is 2.42. The second-order valence-corrected chi connectivity index (χ2v) is 7.68. The zero-order valence-electron chi connectivity index (χ0n) is 11.3. The number of aliphatic hydroxyl groups excluding tert-OH is 1. The van der Waals surface area contributed by atoms with E-state index in [1.165, 1.54) is 18.2 Å². The third-order valence-electron chi connectivity index (χ3n) is 3.11. The molecule has 0 bridgehead atoms. The fourth-order valence-corrected chi connectivity index (χ4v) is 3.00. The van der Waals surface area contributed by atoms with Crippen molar-refractivity contribution in [2.45, 2.75) is 17.4 Å². The molecular weight excluding hydrogens is 359 g/mol. The Morgan fingerprint density at radius 2 is 1.81 bits per heavy atom. The molecule has 1 N–H and O–H groups in total. The van der Waals surface area contributed by atoms with Gasteiger partial charge in [0.2, 0.25) is 0 Å². The third kappa shape index (κ3) is 4.12. The Kier molecular flexibility index (Phi) is 4.81. The molecule has 3 nitrogen and oxygen atoms in total. The summed E-state index contributed by atoms with van der Waals surface area (Å²) in [6.07, 6.45) is 0.668. The van der Waals surface area contributed by atoms with E-state index in [-0.39, 0.29) is 10.7 Å². The molecule has 2 aromatic rings. The molecule has 2 rings (SSSR count). The van der Waals surface area contributed by atoms with Crippen LogP contribution in [0.4, 0.5) is 4.39 Å². The van der Waals surface area contributed by atoms with Gasteiger partial charge in [-0.1, -0.05) is 18.2 Å². The molecule has 0 aliphatic rings. The van der Waals surface area contributed by atoms with Gasteiger partial charge in [0.25, 0.3) is 0 Å². The highest BCUT2D eigenvalue weighted by molar-refractivity contribution is 9.10. The maximum atomic E-state index is 13.1. The minimum Gasteiger partial charge on any atom is -0.388 e. The van der Waals surface area contributed by atoms with Gasteiger partial charge in [-0.05, 0) is 51.3 Å². The fourth-order valence-electron chi connectivity index (χ4n) is 1.94. The van der Waals surface area contributed by atoms with Gasteiger partial charge in [-0.25, -0.2) is 12.8 Å². The van der Waals surface area contributed by atoms with Crippen LogP contribution in [0.5, 0.6) is 0 Å². The average molecular weight is 373 g/mol. The predicted molar refractivity (Wildman–Crippen MR) is 82.3 cm³/mol. The Labute approximate surface area is 131 Å². The van der Waals surface area contributed by atoms with E-state index < -0.39 is 15.9 Å². The summed E-state index contributed by atoms with van der Waals surface area (Å²) in [6, 6.07) is 10.7. The predicted octanol–water partition coefficient (Wildman–Crippen LogP) is 3.27. The first-order valence-electron chi connectivity index (χ1n) is 6.19. The van der Waals surface area contributed by atoms with Crippen LogP contribution in [0, 0.1) is 5.82 Å². The number of aliphatic hydroxyl groups is 1. The highest BCUT2D eigenvalue weighted by Gasteiger charge is 2.12. The van der Waals surface area contributed by atoms with Crippen LogP contribution in [0.3, 0.4) is 0 Å². The number of sulfone groups is 1. The van der Waals surface area contributed by atoms with E-state index >= 15 is 0 Å². The van der Waals surface area contributed by atoms with E-state index in [1.54, 1.807) is 24.3 Å². The highest BCUT2D eigenvalue weighted by atomic mass is 79.9. The van der Waals surface area contributed by atoms with Gasteiger partial charge in [0.15, 0.2) is 9.84 Å². The molecule has 0 saturated carbocycles. The molecule has 112 valence electrons. The summed E-state index contributed by atoms with van der Waals surface area (Å²) >= 11 is 3.10. The Hall–Kier alpha value is -1.24. The minimum absolute atomic E-state index is 0.211. The van der Waals surface area contributed by atoms with E-state index in [0.29, 0.717) is 16.5 Å².